The molecular formula is C21H29FIN3O3. The van der Waals surface area contributed by atoms with Gasteiger partial charge in [-0.3, -0.25) is 4.99 Å². The summed E-state index contributed by atoms with van der Waals surface area (Å²) in [5, 5.41) is 13.8. The van der Waals surface area contributed by atoms with Gasteiger partial charge in [0, 0.05) is 25.7 Å². The number of halogens is 2. The van der Waals surface area contributed by atoms with Crippen LogP contribution in [0.3, 0.4) is 0 Å². The van der Waals surface area contributed by atoms with Crippen LogP contribution in [0.5, 0.6) is 11.5 Å². The Hall–Kier alpha value is -2.07. The van der Waals surface area contributed by atoms with Crippen molar-refractivity contribution in [2.45, 2.75) is 19.6 Å². The molecule has 6 nitrogen and oxygen atoms in total. The molecule has 29 heavy (non-hydrogen) atoms. The summed E-state index contributed by atoms with van der Waals surface area (Å²) < 4.78 is 23.7. The molecule has 8 heteroatoms. The van der Waals surface area contributed by atoms with Crippen LogP contribution in [0.4, 0.5) is 4.39 Å². The first kappa shape index (κ1) is 25.0. The van der Waals surface area contributed by atoms with E-state index in [4.69, 9.17) is 9.47 Å². The molecule has 1 unspecified atom stereocenters. The minimum atomic E-state index is -0.849. The zero-order chi connectivity index (χ0) is 20.5. The molecule has 1 atom stereocenters. The molecule has 0 saturated carbocycles. The monoisotopic (exact) mass is 517 g/mol. The minimum absolute atomic E-state index is 0. The number of aliphatic hydroxyl groups excluding tert-OH is 1. The van der Waals surface area contributed by atoms with Crippen LogP contribution in [-0.4, -0.2) is 50.3 Å². The molecular weight excluding hydrogens is 488 g/mol. The van der Waals surface area contributed by atoms with Gasteiger partial charge in [-0.2, -0.15) is 0 Å². The van der Waals surface area contributed by atoms with Crippen molar-refractivity contribution in [1.29, 1.82) is 0 Å². The zero-order valence-corrected chi connectivity index (χ0v) is 19.5. The Balaban J connectivity index is 0.00000420. The maximum absolute atomic E-state index is 13.1. The summed E-state index contributed by atoms with van der Waals surface area (Å²) in [6.07, 6.45) is -0.849. The molecule has 0 amide bonds. The van der Waals surface area contributed by atoms with E-state index < -0.39 is 6.10 Å². The molecule has 0 heterocycles. The molecule has 0 aliphatic heterocycles. The Bertz CT molecular complexity index is 787. The summed E-state index contributed by atoms with van der Waals surface area (Å²) in [6, 6.07) is 11.6. The fraction of sp³-hybridized carbons (Fsp3) is 0.381. The van der Waals surface area contributed by atoms with E-state index in [-0.39, 0.29) is 36.3 Å². The van der Waals surface area contributed by atoms with Crippen molar-refractivity contribution in [1.82, 2.24) is 10.2 Å². The van der Waals surface area contributed by atoms with Crippen molar-refractivity contribution in [2.24, 2.45) is 4.99 Å². The standard InChI is InChI=1S/C21H28FN3O3.HI/c1-5-23-21(25(2)14-15-6-8-16(22)9-7-15)24-13-19(26)18-12-17(27-3)10-11-20(18)28-4;/h6-12,19,26H,5,13-14H2,1-4H3,(H,23,24);1H. The lowest BCUT2D eigenvalue weighted by molar-refractivity contribution is 0.181. The third kappa shape index (κ3) is 7.36. The van der Waals surface area contributed by atoms with Crippen LogP contribution in [0.25, 0.3) is 0 Å². The summed E-state index contributed by atoms with van der Waals surface area (Å²) in [5.41, 5.74) is 1.58. The summed E-state index contributed by atoms with van der Waals surface area (Å²) in [4.78, 5) is 6.47. The maximum Gasteiger partial charge on any atom is 0.194 e. The smallest absolute Gasteiger partial charge is 0.194 e. The van der Waals surface area contributed by atoms with E-state index in [0.717, 1.165) is 5.56 Å². The van der Waals surface area contributed by atoms with Crippen molar-refractivity contribution >= 4 is 29.9 Å². The third-order valence-corrected chi connectivity index (χ3v) is 4.24. The van der Waals surface area contributed by atoms with Gasteiger partial charge in [-0.1, -0.05) is 12.1 Å². The lowest BCUT2D eigenvalue weighted by Gasteiger charge is -2.23. The first-order valence-corrected chi connectivity index (χ1v) is 9.12. The Morgan fingerprint density at radius 3 is 2.45 bits per heavy atom. The number of rotatable bonds is 8. The van der Waals surface area contributed by atoms with Crippen molar-refractivity contribution < 1.29 is 19.0 Å². The number of nitrogens with zero attached hydrogens (tertiary/aromatic N) is 2. The number of nitrogens with one attached hydrogen (secondary N) is 1. The van der Waals surface area contributed by atoms with Crippen molar-refractivity contribution in [3.63, 3.8) is 0 Å². The van der Waals surface area contributed by atoms with Gasteiger partial charge in [-0.15, -0.1) is 24.0 Å². The van der Waals surface area contributed by atoms with E-state index in [1.54, 1.807) is 44.6 Å². The van der Waals surface area contributed by atoms with Crippen LogP contribution in [0.2, 0.25) is 0 Å². The van der Waals surface area contributed by atoms with Crippen LogP contribution in [0.1, 0.15) is 24.2 Å². The average Bonchev–Trinajstić information content (AvgIpc) is 2.71. The average molecular weight is 517 g/mol. The Morgan fingerprint density at radius 2 is 1.86 bits per heavy atom. The van der Waals surface area contributed by atoms with E-state index in [0.29, 0.717) is 36.1 Å². The molecule has 0 saturated heterocycles. The van der Waals surface area contributed by atoms with E-state index in [1.807, 2.05) is 18.9 Å². The predicted octanol–water partition coefficient (Wildman–Crippen LogP) is 3.59. The number of hydrogen-bond donors (Lipinski definition) is 2. The Morgan fingerprint density at radius 1 is 1.17 bits per heavy atom. The highest BCUT2D eigenvalue weighted by atomic mass is 127. The lowest BCUT2D eigenvalue weighted by Crippen LogP contribution is -2.38. The highest BCUT2D eigenvalue weighted by Crippen LogP contribution is 2.29. The molecule has 0 spiro atoms. The quantitative estimate of drug-likeness (QED) is 0.319. The van der Waals surface area contributed by atoms with Gasteiger partial charge in [0.25, 0.3) is 0 Å². The normalized spacial score (nSPS) is 12.0. The van der Waals surface area contributed by atoms with E-state index >= 15 is 0 Å². The number of methoxy groups -OCH3 is 2. The van der Waals surface area contributed by atoms with Crippen LogP contribution in [-0.2, 0) is 6.54 Å². The topological polar surface area (TPSA) is 66.3 Å². The Kier molecular flexibility index (Phi) is 10.7. The number of aliphatic imine (C=N–C) groups is 1. The second-order valence-electron chi connectivity index (χ2n) is 6.30. The highest BCUT2D eigenvalue weighted by Gasteiger charge is 2.15. The molecule has 0 radical (unpaired) electrons. The van der Waals surface area contributed by atoms with Crippen molar-refractivity contribution in [2.75, 3.05) is 34.4 Å². The van der Waals surface area contributed by atoms with E-state index in [9.17, 15) is 9.50 Å². The van der Waals surface area contributed by atoms with Gasteiger partial charge in [-0.25, -0.2) is 4.39 Å². The third-order valence-electron chi connectivity index (χ3n) is 4.24. The summed E-state index contributed by atoms with van der Waals surface area (Å²) in [6.45, 7) is 3.37. The zero-order valence-electron chi connectivity index (χ0n) is 17.2. The molecule has 2 N–H and O–H groups in total. The largest absolute Gasteiger partial charge is 0.497 e. The van der Waals surface area contributed by atoms with Crippen LogP contribution in [0.15, 0.2) is 47.5 Å². The fourth-order valence-corrected chi connectivity index (χ4v) is 2.78. The summed E-state index contributed by atoms with van der Waals surface area (Å²) in [7, 11) is 5.02. The molecule has 0 bridgehead atoms. The lowest BCUT2D eigenvalue weighted by atomic mass is 10.1. The molecule has 2 aromatic rings. The molecule has 2 rings (SSSR count). The Labute approximate surface area is 188 Å². The number of benzene rings is 2. The molecule has 2 aromatic carbocycles. The molecule has 160 valence electrons. The van der Waals surface area contributed by atoms with E-state index in [1.165, 1.54) is 12.1 Å². The number of aliphatic hydroxyl groups is 1. The van der Waals surface area contributed by atoms with Gasteiger partial charge in [0.15, 0.2) is 5.96 Å². The first-order valence-electron chi connectivity index (χ1n) is 9.12. The van der Waals surface area contributed by atoms with Gasteiger partial charge in [0.1, 0.15) is 23.4 Å². The molecule has 0 fully saturated rings. The van der Waals surface area contributed by atoms with Gasteiger partial charge in [-0.05, 0) is 42.8 Å². The van der Waals surface area contributed by atoms with Gasteiger partial charge in [0.05, 0.1) is 20.8 Å². The SMILES string of the molecule is CCNC(=NCC(O)c1cc(OC)ccc1OC)N(C)Cc1ccc(F)cc1.I. The number of hydrogen-bond acceptors (Lipinski definition) is 4. The molecule has 0 aliphatic carbocycles. The van der Waals surface area contributed by atoms with Crippen LogP contribution in [0, 0.1) is 5.82 Å². The summed E-state index contributed by atoms with van der Waals surface area (Å²) >= 11 is 0. The molecule has 0 aromatic heterocycles. The maximum atomic E-state index is 13.1. The second kappa shape index (κ2) is 12.5. The van der Waals surface area contributed by atoms with Crippen LogP contribution < -0.4 is 14.8 Å². The predicted molar refractivity (Wildman–Crippen MR) is 124 cm³/mol. The van der Waals surface area contributed by atoms with Gasteiger partial charge >= 0.3 is 0 Å². The molecule has 0 aliphatic rings. The van der Waals surface area contributed by atoms with Gasteiger partial charge < -0.3 is 24.8 Å². The second-order valence-corrected chi connectivity index (χ2v) is 6.30. The highest BCUT2D eigenvalue weighted by molar-refractivity contribution is 14.0. The van der Waals surface area contributed by atoms with Crippen molar-refractivity contribution in [3.05, 3.63) is 59.4 Å². The minimum Gasteiger partial charge on any atom is -0.497 e. The number of ether oxygens (including phenoxy) is 2. The van der Waals surface area contributed by atoms with E-state index in [2.05, 4.69) is 10.3 Å². The van der Waals surface area contributed by atoms with Crippen molar-refractivity contribution in [3.8, 4) is 11.5 Å². The fourth-order valence-electron chi connectivity index (χ4n) is 2.78. The summed E-state index contributed by atoms with van der Waals surface area (Å²) in [5.74, 6) is 1.60. The number of guanidine groups is 1. The van der Waals surface area contributed by atoms with Crippen LogP contribution >= 0.6 is 24.0 Å². The first-order chi connectivity index (χ1) is 13.5. The van der Waals surface area contributed by atoms with Gasteiger partial charge in [0.2, 0.25) is 0 Å².